The largest absolute Gasteiger partial charge is 0.395 e. The van der Waals surface area contributed by atoms with Crippen LogP contribution in [0, 0.1) is 0 Å². The first-order valence-electron chi connectivity index (χ1n) is 7.55. The second kappa shape index (κ2) is 8.92. The van der Waals surface area contributed by atoms with E-state index in [1.807, 2.05) is 4.90 Å². The predicted molar refractivity (Wildman–Crippen MR) is 77.3 cm³/mol. The molecule has 0 saturated heterocycles. The monoisotopic (exact) mass is 285 g/mol. The summed E-state index contributed by atoms with van der Waals surface area (Å²) in [5.41, 5.74) is 0. The van der Waals surface area contributed by atoms with E-state index in [1.54, 1.807) is 13.8 Å². The van der Waals surface area contributed by atoms with E-state index < -0.39 is 12.1 Å². The van der Waals surface area contributed by atoms with Gasteiger partial charge in [0, 0.05) is 19.1 Å². The van der Waals surface area contributed by atoms with Gasteiger partial charge in [0.2, 0.25) is 5.91 Å². The average molecular weight is 285 g/mol. The lowest BCUT2D eigenvalue weighted by Gasteiger charge is -2.37. The molecule has 1 atom stereocenters. The Balaban J connectivity index is 2.59. The van der Waals surface area contributed by atoms with E-state index in [0.717, 1.165) is 25.7 Å². The molecule has 0 bridgehead atoms. The van der Waals surface area contributed by atoms with Crippen molar-refractivity contribution >= 4 is 11.9 Å². The summed E-state index contributed by atoms with van der Waals surface area (Å²) in [4.78, 5) is 25.5. The molecule has 0 aliphatic heterocycles. The van der Waals surface area contributed by atoms with Gasteiger partial charge in [-0.2, -0.15) is 0 Å². The molecule has 0 heterocycles. The Bertz CT molecular complexity index is 317. The molecule has 0 spiro atoms. The van der Waals surface area contributed by atoms with Crippen LogP contribution in [0.1, 0.15) is 46.0 Å². The van der Waals surface area contributed by atoms with Crippen molar-refractivity contribution in [3.05, 3.63) is 0 Å². The Morgan fingerprint density at radius 2 is 1.95 bits per heavy atom. The molecule has 3 amide bonds. The van der Waals surface area contributed by atoms with Crippen LogP contribution < -0.4 is 10.6 Å². The molecule has 116 valence electrons. The summed E-state index contributed by atoms with van der Waals surface area (Å²) in [6.45, 7) is 4.56. The Labute approximate surface area is 120 Å². The van der Waals surface area contributed by atoms with Gasteiger partial charge in [0.25, 0.3) is 0 Å². The average Bonchev–Trinajstić information content (AvgIpc) is 2.45. The van der Waals surface area contributed by atoms with Crippen molar-refractivity contribution in [3.63, 3.8) is 0 Å². The number of hydrogen-bond acceptors (Lipinski definition) is 4. The lowest BCUT2D eigenvalue weighted by atomic mass is 9.93. The van der Waals surface area contributed by atoms with Crippen LogP contribution in [0.3, 0.4) is 0 Å². The van der Waals surface area contributed by atoms with Crippen molar-refractivity contribution in [2.75, 3.05) is 19.7 Å². The second-order valence-corrected chi connectivity index (χ2v) is 5.28. The maximum atomic E-state index is 12.1. The van der Waals surface area contributed by atoms with Gasteiger partial charge in [0.05, 0.1) is 12.6 Å². The third-order valence-electron chi connectivity index (χ3n) is 3.85. The van der Waals surface area contributed by atoms with Crippen LogP contribution in [0.4, 0.5) is 4.79 Å². The summed E-state index contributed by atoms with van der Waals surface area (Å²) < 4.78 is 0. The number of carbonyl (C=O) groups is 2. The van der Waals surface area contributed by atoms with Gasteiger partial charge < -0.3 is 10.4 Å². The van der Waals surface area contributed by atoms with Gasteiger partial charge in [-0.25, -0.2) is 4.79 Å². The molecule has 20 heavy (non-hydrogen) atoms. The van der Waals surface area contributed by atoms with Gasteiger partial charge in [-0.3, -0.25) is 15.0 Å². The molecule has 6 heteroatoms. The Morgan fingerprint density at radius 3 is 2.50 bits per heavy atom. The first-order valence-corrected chi connectivity index (χ1v) is 7.55. The van der Waals surface area contributed by atoms with E-state index in [2.05, 4.69) is 10.6 Å². The number of rotatable bonds is 6. The fourth-order valence-corrected chi connectivity index (χ4v) is 2.79. The Morgan fingerprint density at radius 1 is 1.30 bits per heavy atom. The number of hydrogen-bond donors (Lipinski definition) is 3. The fraction of sp³-hybridized carbons (Fsp3) is 0.857. The highest BCUT2D eigenvalue weighted by Gasteiger charge is 2.29. The van der Waals surface area contributed by atoms with Gasteiger partial charge in [-0.15, -0.1) is 0 Å². The molecule has 1 aliphatic carbocycles. The quantitative estimate of drug-likeness (QED) is 0.675. The zero-order valence-corrected chi connectivity index (χ0v) is 12.5. The third kappa shape index (κ3) is 5.09. The van der Waals surface area contributed by atoms with Gasteiger partial charge in [0.1, 0.15) is 0 Å². The van der Waals surface area contributed by atoms with E-state index >= 15 is 0 Å². The van der Waals surface area contributed by atoms with Crippen molar-refractivity contribution < 1.29 is 14.7 Å². The molecule has 1 fully saturated rings. The smallest absolute Gasteiger partial charge is 0.321 e. The second-order valence-electron chi connectivity index (χ2n) is 5.28. The molecule has 1 saturated carbocycles. The number of aliphatic hydroxyl groups is 1. The van der Waals surface area contributed by atoms with Gasteiger partial charge in [-0.05, 0) is 26.7 Å². The van der Waals surface area contributed by atoms with Crippen molar-refractivity contribution in [1.29, 1.82) is 0 Å². The minimum Gasteiger partial charge on any atom is -0.395 e. The van der Waals surface area contributed by atoms with Crippen molar-refractivity contribution in [2.45, 2.75) is 58.0 Å². The standard InChI is InChI=1S/C14H27N3O3/c1-3-15-14(20)16-13(19)11(2)17(9-10-18)12-7-5-4-6-8-12/h11-12,18H,3-10H2,1-2H3,(H2,15,16,19,20). The molecule has 1 rings (SSSR count). The zero-order valence-electron chi connectivity index (χ0n) is 12.5. The molecular weight excluding hydrogens is 258 g/mol. The molecule has 0 radical (unpaired) electrons. The molecule has 1 unspecified atom stereocenters. The minimum atomic E-state index is -0.461. The number of nitrogens with one attached hydrogen (secondary N) is 2. The predicted octanol–water partition coefficient (Wildman–Crippen LogP) is 0.848. The van der Waals surface area contributed by atoms with Gasteiger partial charge in [0.15, 0.2) is 0 Å². The van der Waals surface area contributed by atoms with E-state index in [0.29, 0.717) is 19.1 Å². The van der Waals surface area contributed by atoms with Gasteiger partial charge in [-0.1, -0.05) is 19.3 Å². The normalized spacial score (nSPS) is 17.8. The van der Waals surface area contributed by atoms with Crippen LogP contribution >= 0.6 is 0 Å². The summed E-state index contributed by atoms with van der Waals surface area (Å²) in [7, 11) is 0. The molecule has 3 N–H and O–H groups in total. The number of carbonyl (C=O) groups excluding carboxylic acids is 2. The highest BCUT2D eigenvalue weighted by atomic mass is 16.3. The molecule has 1 aliphatic rings. The van der Waals surface area contributed by atoms with Crippen LogP contribution in [0.25, 0.3) is 0 Å². The number of urea groups is 1. The number of aliphatic hydroxyl groups excluding tert-OH is 1. The maximum absolute atomic E-state index is 12.1. The summed E-state index contributed by atoms with van der Waals surface area (Å²) in [6.07, 6.45) is 5.68. The van der Waals surface area contributed by atoms with Crippen LogP contribution in [-0.4, -0.2) is 53.7 Å². The van der Waals surface area contributed by atoms with Crippen molar-refractivity contribution in [2.24, 2.45) is 0 Å². The summed E-state index contributed by atoms with van der Waals surface area (Å²) in [5, 5.41) is 14.1. The number of imide groups is 1. The van der Waals surface area contributed by atoms with Crippen LogP contribution in [0.2, 0.25) is 0 Å². The topological polar surface area (TPSA) is 81.7 Å². The van der Waals surface area contributed by atoms with Crippen LogP contribution in [-0.2, 0) is 4.79 Å². The lowest BCUT2D eigenvalue weighted by Crippen LogP contribution is -2.53. The molecule has 6 nitrogen and oxygen atoms in total. The van der Waals surface area contributed by atoms with Crippen LogP contribution in [0.5, 0.6) is 0 Å². The lowest BCUT2D eigenvalue weighted by molar-refractivity contribution is -0.126. The van der Waals surface area contributed by atoms with E-state index in [9.17, 15) is 14.7 Å². The third-order valence-corrected chi connectivity index (χ3v) is 3.85. The summed E-state index contributed by atoms with van der Waals surface area (Å²) in [5.74, 6) is -0.310. The maximum Gasteiger partial charge on any atom is 0.321 e. The molecule has 0 aromatic heterocycles. The first kappa shape index (κ1) is 16.9. The number of nitrogens with zero attached hydrogens (tertiary/aromatic N) is 1. The minimum absolute atomic E-state index is 0.0231. The first-order chi connectivity index (χ1) is 9.60. The van der Waals surface area contributed by atoms with E-state index in [1.165, 1.54) is 6.42 Å². The Kier molecular flexibility index (Phi) is 7.54. The Hall–Kier alpha value is -1.14. The summed E-state index contributed by atoms with van der Waals surface area (Å²) >= 11 is 0. The molecule has 0 aromatic rings. The van der Waals surface area contributed by atoms with Crippen molar-refractivity contribution in [1.82, 2.24) is 15.5 Å². The van der Waals surface area contributed by atoms with Crippen molar-refractivity contribution in [3.8, 4) is 0 Å². The molecule has 0 aromatic carbocycles. The molecular formula is C14H27N3O3. The van der Waals surface area contributed by atoms with Gasteiger partial charge >= 0.3 is 6.03 Å². The summed E-state index contributed by atoms with van der Waals surface area (Å²) in [6, 6.07) is -0.546. The van der Waals surface area contributed by atoms with Crippen LogP contribution in [0.15, 0.2) is 0 Å². The fourth-order valence-electron chi connectivity index (χ4n) is 2.79. The SMILES string of the molecule is CCNC(=O)NC(=O)C(C)N(CCO)C1CCCCC1. The highest BCUT2D eigenvalue weighted by molar-refractivity contribution is 5.96. The zero-order chi connectivity index (χ0) is 15.0. The van der Waals surface area contributed by atoms with E-state index in [4.69, 9.17) is 0 Å². The number of amides is 3. The van der Waals surface area contributed by atoms with E-state index in [-0.39, 0.29) is 12.5 Å². The highest BCUT2D eigenvalue weighted by Crippen LogP contribution is 2.24.